The van der Waals surface area contributed by atoms with Gasteiger partial charge in [-0.3, -0.25) is 4.79 Å². The molecule has 0 spiro atoms. The second-order valence-electron chi connectivity index (χ2n) is 7.01. The lowest BCUT2D eigenvalue weighted by atomic mass is 10.0. The lowest BCUT2D eigenvalue weighted by molar-refractivity contribution is 0.0985. The number of carbonyl (C=O) groups excluding carboxylic acids is 1. The fourth-order valence-corrected chi connectivity index (χ4v) is 4.69. The summed E-state index contributed by atoms with van der Waals surface area (Å²) in [4.78, 5) is 16.6. The van der Waals surface area contributed by atoms with E-state index in [9.17, 15) is 4.79 Å². The number of thiophene rings is 1. The van der Waals surface area contributed by atoms with Crippen LogP contribution in [0.15, 0.2) is 90.3 Å². The number of para-hydroxylation sites is 1. The van der Waals surface area contributed by atoms with Crippen molar-refractivity contribution in [1.82, 2.24) is 0 Å². The molecule has 1 aromatic heterocycles. The van der Waals surface area contributed by atoms with Crippen LogP contribution in [0.1, 0.15) is 26.4 Å². The van der Waals surface area contributed by atoms with E-state index >= 15 is 0 Å². The summed E-state index contributed by atoms with van der Waals surface area (Å²) in [7, 11) is 0. The Morgan fingerprint density at radius 1 is 0.750 bits per heavy atom. The Labute approximate surface area is 168 Å². The van der Waals surface area contributed by atoms with Crippen LogP contribution in [0.5, 0.6) is 0 Å². The standard InChI is InChI=1S/C25H19NOS/c27-25(20-12-10-19(11-13-20)18-6-2-1-3-7-18)26-17-24-22(14-15-28-24)16-21-8-4-5-9-23(21)26/h1-15H,16-17H2. The molecule has 1 amide bonds. The Bertz CT molecular complexity index is 1130. The number of hydrogen-bond donors (Lipinski definition) is 0. The molecule has 4 aromatic rings. The highest BCUT2D eigenvalue weighted by atomic mass is 32.1. The molecule has 0 saturated heterocycles. The normalized spacial score (nSPS) is 12.8. The molecule has 0 unspecified atom stereocenters. The van der Waals surface area contributed by atoms with Gasteiger partial charge in [-0.25, -0.2) is 0 Å². The van der Waals surface area contributed by atoms with Crippen molar-refractivity contribution in [3.05, 3.63) is 112 Å². The van der Waals surface area contributed by atoms with Gasteiger partial charge in [0.05, 0.1) is 6.54 Å². The maximum Gasteiger partial charge on any atom is 0.258 e. The predicted molar refractivity (Wildman–Crippen MR) is 116 cm³/mol. The van der Waals surface area contributed by atoms with E-state index in [1.165, 1.54) is 16.0 Å². The minimum absolute atomic E-state index is 0.0494. The Hall–Kier alpha value is -3.17. The van der Waals surface area contributed by atoms with Gasteiger partial charge in [-0.2, -0.15) is 0 Å². The molecule has 0 bridgehead atoms. The van der Waals surface area contributed by atoms with Crippen LogP contribution in [0.3, 0.4) is 0 Å². The fraction of sp³-hybridized carbons (Fsp3) is 0.0800. The van der Waals surface area contributed by atoms with E-state index in [0.29, 0.717) is 6.54 Å². The Balaban J connectivity index is 1.51. The molecule has 0 radical (unpaired) electrons. The number of carbonyl (C=O) groups is 1. The van der Waals surface area contributed by atoms with E-state index in [4.69, 9.17) is 0 Å². The zero-order valence-electron chi connectivity index (χ0n) is 15.3. The molecular formula is C25H19NOS. The van der Waals surface area contributed by atoms with E-state index in [1.807, 2.05) is 59.5 Å². The van der Waals surface area contributed by atoms with Gasteiger partial charge in [0.2, 0.25) is 0 Å². The van der Waals surface area contributed by atoms with Crippen LogP contribution in [-0.2, 0) is 13.0 Å². The quantitative estimate of drug-likeness (QED) is 0.407. The molecule has 28 heavy (non-hydrogen) atoms. The number of nitrogens with zero attached hydrogens (tertiary/aromatic N) is 1. The molecule has 0 atom stereocenters. The van der Waals surface area contributed by atoms with Crippen LogP contribution in [-0.4, -0.2) is 5.91 Å². The zero-order chi connectivity index (χ0) is 18.9. The lowest BCUT2D eigenvalue weighted by Gasteiger charge is -2.23. The molecule has 136 valence electrons. The summed E-state index contributed by atoms with van der Waals surface area (Å²) in [5.74, 6) is 0.0494. The third-order valence-corrected chi connectivity index (χ3v) is 6.23. The summed E-state index contributed by atoms with van der Waals surface area (Å²) in [6, 6.07) is 28.6. The Morgan fingerprint density at radius 2 is 1.46 bits per heavy atom. The van der Waals surface area contributed by atoms with Crippen LogP contribution in [0.4, 0.5) is 5.69 Å². The highest BCUT2D eigenvalue weighted by molar-refractivity contribution is 7.10. The van der Waals surface area contributed by atoms with Crippen molar-refractivity contribution in [2.45, 2.75) is 13.0 Å². The van der Waals surface area contributed by atoms with Gasteiger partial charge in [0, 0.05) is 22.5 Å². The number of rotatable bonds is 2. The summed E-state index contributed by atoms with van der Waals surface area (Å²) in [6.07, 6.45) is 0.881. The first kappa shape index (κ1) is 17.0. The number of hydrogen-bond acceptors (Lipinski definition) is 2. The van der Waals surface area contributed by atoms with Crippen molar-refractivity contribution in [3.63, 3.8) is 0 Å². The monoisotopic (exact) mass is 381 g/mol. The van der Waals surface area contributed by atoms with E-state index in [-0.39, 0.29) is 5.91 Å². The minimum atomic E-state index is 0.0494. The number of fused-ring (bicyclic) bond motifs is 2. The van der Waals surface area contributed by atoms with E-state index < -0.39 is 0 Å². The molecule has 0 N–H and O–H groups in total. The predicted octanol–water partition coefficient (Wildman–Crippen LogP) is 6.17. The van der Waals surface area contributed by atoms with Gasteiger partial charge in [-0.05, 0) is 51.9 Å². The largest absolute Gasteiger partial charge is 0.303 e. The second-order valence-corrected chi connectivity index (χ2v) is 8.01. The van der Waals surface area contributed by atoms with Gasteiger partial charge in [0.15, 0.2) is 0 Å². The molecule has 1 aliphatic heterocycles. The lowest BCUT2D eigenvalue weighted by Crippen LogP contribution is -2.30. The van der Waals surface area contributed by atoms with Crippen molar-refractivity contribution in [1.29, 1.82) is 0 Å². The van der Waals surface area contributed by atoms with Gasteiger partial charge in [-0.15, -0.1) is 11.3 Å². The summed E-state index contributed by atoms with van der Waals surface area (Å²) < 4.78 is 0. The zero-order valence-corrected chi connectivity index (χ0v) is 16.2. The third kappa shape index (κ3) is 3.04. The smallest absolute Gasteiger partial charge is 0.258 e. The van der Waals surface area contributed by atoms with Gasteiger partial charge < -0.3 is 4.90 Å². The first-order valence-electron chi connectivity index (χ1n) is 9.40. The number of benzene rings is 3. The Kier molecular flexibility index (Phi) is 4.30. The molecule has 5 rings (SSSR count). The van der Waals surface area contributed by atoms with Crippen LogP contribution in [0.2, 0.25) is 0 Å². The molecular weight excluding hydrogens is 362 g/mol. The fourth-order valence-electron chi connectivity index (χ4n) is 3.79. The van der Waals surface area contributed by atoms with Gasteiger partial charge in [0.25, 0.3) is 5.91 Å². The average Bonchev–Trinajstić information content (AvgIpc) is 3.13. The van der Waals surface area contributed by atoms with E-state index in [0.717, 1.165) is 28.8 Å². The molecule has 1 aliphatic rings. The van der Waals surface area contributed by atoms with Gasteiger partial charge in [0.1, 0.15) is 0 Å². The molecule has 0 saturated carbocycles. The maximum absolute atomic E-state index is 13.4. The molecule has 2 heterocycles. The minimum Gasteiger partial charge on any atom is -0.303 e. The molecule has 0 fully saturated rings. The van der Waals surface area contributed by atoms with Gasteiger partial charge in [-0.1, -0.05) is 60.7 Å². The summed E-state index contributed by atoms with van der Waals surface area (Å²) in [5.41, 5.74) is 6.54. The van der Waals surface area contributed by atoms with Crippen molar-refractivity contribution >= 4 is 22.9 Å². The molecule has 3 heteroatoms. The van der Waals surface area contributed by atoms with Crippen molar-refractivity contribution in [3.8, 4) is 11.1 Å². The molecule has 0 aliphatic carbocycles. The van der Waals surface area contributed by atoms with Crippen LogP contribution in [0, 0.1) is 0 Å². The highest BCUT2D eigenvalue weighted by Crippen LogP contribution is 2.34. The summed E-state index contributed by atoms with van der Waals surface area (Å²) in [5, 5.41) is 2.12. The van der Waals surface area contributed by atoms with Gasteiger partial charge >= 0.3 is 0 Å². The second kappa shape index (κ2) is 7.10. The first-order chi connectivity index (χ1) is 13.8. The SMILES string of the molecule is O=C(c1ccc(-c2ccccc2)cc1)N1Cc2sccc2Cc2ccccc21. The van der Waals surface area contributed by atoms with E-state index in [1.54, 1.807) is 11.3 Å². The molecule has 2 nitrogen and oxygen atoms in total. The highest BCUT2D eigenvalue weighted by Gasteiger charge is 2.25. The first-order valence-corrected chi connectivity index (χ1v) is 10.3. The Morgan fingerprint density at radius 3 is 2.29 bits per heavy atom. The van der Waals surface area contributed by atoms with Crippen molar-refractivity contribution in [2.24, 2.45) is 0 Å². The summed E-state index contributed by atoms with van der Waals surface area (Å²) in [6.45, 7) is 0.628. The van der Waals surface area contributed by atoms with Crippen LogP contribution < -0.4 is 4.90 Å². The van der Waals surface area contributed by atoms with Crippen LogP contribution >= 0.6 is 11.3 Å². The topological polar surface area (TPSA) is 20.3 Å². The average molecular weight is 382 g/mol. The summed E-state index contributed by atoms with van der Waals surface area (Å²) >= 11 is 1.73. The van der Waals surface area contributed by atoms with Crippen molar-refractivity contribution in [2.75, 3.05) is 4.90 Å². The van der Waals surface area contributed by atoms with Crippen LogP contribution in [0.25, 0.3) is 11.1 Å². The van der Waals surface area contributed by atoms with Crippen molar-refractivity contribution < 1.29 is 4.79 Å². The molecule has 3 aromatic carbocycles. The maximum atomic E-state index is 13.4. The number of amides is 1. The number of anilines is 1. The van der Waals surface area contributed by atoms with E-state index in [2.05, 4.69) is 35.7 Å². The third-order valence-electron chi connectivity index (χ3n) is 5.29.